The number of aromatic hydroxyl groups is 1. The van der Waals surface area contributed by atoms with Crippen LogP contribution in [0.2, 0.25) is 0 Å². The average molecular weight is 233 g/mol. The number of benzene rings is 1. The Bertz CT molecular complexity index is 413. The summed E-state index contributed by atoms with van der Waals surface area (Å²) in [7, 11) is 0. The molecule has 92 valence electrons. The van der Waals surface area contributed by atoms with Gasteiger partial charge in [-0.05, 0) is 37.1 Å². The first-order chi connectivity index (χ1) is 8.10. The molecule has 0 radical (unpaired) electrons. The molecule has 0 spiro atoms. The summed E-state index contributed by atoms with van der Waals surface area (Å²) in [5, 5.41) is 9.43. The van der Waals surface area contributed by atoms with Crippen LogP contribution >= 0.6 is 0 Å². The van der Waals surface area contributed by atoms with Crippen molar-refractivity contribution in [2.45, 2.75) is 20.3 Å². The van der Waals surface area contributed by atoms with Gasteiger partial charge in [0, 0.05) is 18.7 Å². The van der Waals surface area contributed by atoms with Crippen LogP contribution in [0.3, 0.4) is 0 Å². The first-order valence-electron chi connectivity index (χ1n) is 5.80. The van der Waals surface area contributed by atoms with Crippen molar-refractivity contribution >= 4 is 5.91 Å². The molecule has 3 heteroatoms. The fraction of sp³-hybridized carbons (Fsp3) is 0.357. The Kier molecular flexibility index (Phi) is 4.76. The quantitative estimate of drug-likeness (QED) is 0.794. The van der Waals surface area contributed by atoms with Gasteiger partial charge in [-0.15, -0.1) is 6.58 Å². The average Bonchev–Trinajstić information content (AvgIpc) is 2.31. The van der Waals surface area contributed by atoms with Crippen LogP contribution in [-0.4, -0.2) is 29.0 Å². The molecule has 0 aliphatic carbocycles. The molecule has 3 nitrogen and oxygen atoms in total. The van der Waals surface area contributed by atoms with Gasteiger partial charge in [0.05, 0.1) is 0 Å². The van der Waals surface area contributed by atoms with E-state index in [1.165, 1.54) is 0 Å². The molecule has 0 fully saturated rings. The Morgan fingerprint density at radius 3 is 2.76 bits per heavy atom. The van der Waals surface area contributed by atoms with Gasteiger partial charge >= 0.3 is 0 Å². The summed E-state index contributed by atoms with van der Waals surface area (Å²) in [5.74, 6) is 0.196. The number of carbonyl (C=O) groups excluding carboxylic acids is 1. The van der Waals surface area contributed by atoms with E-state index >= 15 is 0 Å². The van der Waals surface area contributed by atoms with Gasteiger partial charge in [-0.1, -0.05) is 13.0 Å². The maximum absolute atomic E-state index is 12.2. The third-order valence-corrected chi connectivity index (χ3v) is 2.57. The first kappa shape index (κ1) is 13.3. The topological polar surface area (TPSA) is 40.5 Å². The van der Waals surface area contributed by atoms with Gasteiger partial charge < -0.3 is 10.0 Å². The smallest absolute Gasteiger partial charge is 0.254 e. The molecule has 0 aliphatic heterocycles. The van der Waals surface area contributed by atoms with Crippen molar-refractivity contribution in [2.75, 3.05) is 13.1 Å². The van der Waals surface area contributed by atoms with Crippen LogP contribution in [-0.2, 0) is 0 Å². The Balaban J connectivity index is 2.92. The zero-order chi connectivity index (χ0) is 12.8. The standard InChI is InChI=1S/C14H19NO2/c1-4-8-15(9-5-2)14(17)12-6-7-13(16)11(3)10-12/h4,6-7,10,16H,1,5,8-9H2,2-3H3. The summed E-state index contributed by atoms with van der Waals surface area (Å²) in [6.45, 7) is 8.73. The summed E-state index contributed by atoms with van der Waals surface area (Å²) in [4.78, 5) is 13.9. The van der Waals surface area contributed by atoms with E-state index < -0.39 is 0 Å². The van der Waals surface area contributed by atoms with E-state index in [4.69, 9.17) is 0 Å². The minimum Gasteiger partial charge on any atom is -0.508 e. The number of hydrogen-bond acceptors (Lipinski definition) is 2. The zero-order valence-corrected chi connectivity index (χ0v) is 10.4. The molecule has 0 aromatic heterocycles. The number of hydrogen-bond donors (Lipinski definition) is 1. The third-order valence-electron chi connectivity index (χ3n) is 2.57. The van der Waals surface area contributed by atoms with Crippen LogP contribution in [0.25, 0.3) is 0 Å². The van der Waals surface area contributed by atoms with E-state index in [-0.39, 0.29) is 11.7 Å². The van der Waals surface area contributed by atoms with Crippen molar-refractivity contribution in [3.63, 3.8) is 0 Å². The molecule has 0 bridgehead atoms. The molecule has 1 aromatic carbocycles. The lowest BCUT2D eigenvalue weighted by atomic mass is 10.1. The lowest BCUT2D eigenvalue weighted by molar-refractivity contribution is 0.0774. The second kappa shape index (κ2) is 6.09. The summed E-state index contributed by atoms with van der Waals surface area (Å²) >= 11 is 0. The van der Waals surface area contributed by atoms with Crippen LogP contribution < -0.4 is 0 Å². The van der Waals surface area contributed by atoms with Gasteiger partial charge in [0.2, 0.25) is 0 Å². The molecular formula is C14H19NO2. The maximum Gasteiger partial charge on any atom is 0.254 e. The molecule has 0 aliphatic rings. The molecule has 1 amide bonds. The van der Waals surface area contributed by atoms with E-state index in [0.29, 0.717) is 24.2 Å². The number of carbonyl (C=O) groups is 1. The summed E-state index contributed by atoms with van der Waals surface area (Å²) in [5.41, 5.74) is 1.32. The molecule has 17 heavy (non-hydrogen) atoms. The van der Waals surface area contributed by atoms with Crippen LogP contribution in [0.15, 0.2) is 30.9 Å². The molecule has 0 saturated heterocycles. The van der Waals surface area contributed by atoms with Crippen molar-refractivity contribution in [3.8, 4) is 5.75 Å². The summed E-state index contributed by atoms with van der Waals surface area (Å²) < 4.78 is 0. The number of phenolic OH excluding ortho intramolecular Hbond substituents is 1. The SMILES string of the molecule is C=CCN(CCC)C(=O)c1ccc(O)c(C)c1. The molecule has 0 unspecified atom stereocenters. The fourth-order valence-electron chi connectivity index (χ4n) is 1.67. The molecule has 0 atom stereocenters. The number of rotatable bonds is 5. The van der Waals surface area contributed by atoms with E-state index in [1.807, 2.05) is 6.92 Å². The number of aryl methyl sites for hydroxylation is 1. The minimum atomic E-state index is -0.0187. The highest BCUT2D eigenvalue weighted by molar-refractivity contribution is 5.94. The molecular weight excluding hydrogens is 214 g/mol. The van der Waals surface area contributed by atoms with Crippen molar-refractivity contribution in [1.29, 1.82) is 0 Å². The molecule has 1 N–H and O–H groups in total. The van der Waals surface area contributed by atoms with Crippen molar-refractivity contribution in [3.05, 3.63) is 42.0 Å². The second-order valence-electron chi connectivity index (χ2n) is 4.04. The van der Waals surface area contributed by atoms with E-state index in [0.717, 1.165) is 6.42 Å². The Labute approximate surface area is 102 Å². The lowest BCUT2D eigenvalue weighted by Gasteiger charge is -2.20. The summed E-state index contributed by atoms with van der Waals surface area (Å²) in [6.07, 6.45) is 2.64. The largest absolute Gasteiger partial charge is 0.508 e. The first-order valence-corrected chi connectivity index (χ1v) is 5.80. The zero-order valence-electron chi connectivity index (χ0n) is 10.4. The fourth-order valence-corrected chi connectivity index (χ4v) is 1.67. The predicted octanol–water partition coefficient (Wildman–Crippen LogP) is 2.74. The van der Waals surface area contributed by atoms with Crippen LogP contribution in [0.5, 0.6) is 5.75 Å². The number of amides is 1. The Hall–Kier alpha value is -1.77. The van der Waals surface area contributed by atoms with Crippen LogP contribution in [0.1, 0.15) is 29.3 Å². The Morgan fingerprint density at radius 2 is 2.24 bits per heavy atom. The van der Waals surface area contributed by atoms with Crippen LogP contribution in [0, 0.1) is 6.92 Å². The highest BCUT2D eigenvalue weighted by Crippen LogP contribution is 2.18. The van der Waals surface area contributed by atoms with Gasteiger partial charge in [-0.25, -0.2) is 0 Å². The van der Waals surface area contributed by atoms with Gasteiger partial charge in [0.1, 0.15) is 5.75 Å². The summed E-state index contributed by atoms with van der Waals surface area (Å²) in [6, 6.07) is 4.92. The van der Waals surface area contributed by atoms with Gasteiger partial charge in [-0.3, -0.25) is 4.79 Å². The highest BCUT2D eigenvalue weighted by atomic mass is 16.3. The predicted molar refractivity (Wildman–Crippen MR) is 69.2 cm³/mol. The second-order valence-corrected chi connectivity index (χ2v) is 4.04. The van der Waals surface area contributed by atoms with E-state index in [9.17, 15) is 9.90 Å². The van der Waals surface area contributed by atoms with E-state index in [2.05, 4.69) is 6.58 Å². The van der Waals surface area contributed by atoms with Gasteiger partial charge in [-0.2, -0.15) is 0 Å². The van der Waals surface area contributed by atoms with Gasteiger partial charge in [0.25, 0.3) is 5.91 Å². The number of nitrogens with zero attached hydrogens (tertiary/aromatic N) is 1. The normalized spacial score (nSPS) is 10.0. The molecule has 1 rings (SSSR count). The third kappa shape index (κ3) is 3.34. The van der Waals surface area contributed by atoms with E-state index in [1.54, 1.807) is 36.1 Å². The monoisotopic (exact) mass is 233 g/mol. The Morgan fingerprint density at radius 1 is 1.53 bits per heavy atom. The highest BCUT2D eigenvalue weighted by Gasteiger charge is 2.14. The van der Waals surface area contributed by atoms with Crippen molar-refractivity contribution in [1.82, 2.24) is 4.90 Å². The molecule has 1 aromatic rings. The number of phenols is 1. The van der Waals surface area contributed by atoms with Crippen molar-refractivity contribution in [2.24, 2.45) is 0 Å². The molecule has 0 heterocycles. The minimum absolute atomic E-state index is 0.0187. The van der Waals surface area contributed by atoms with Crippen LogP contribution in [0.4, 0.5) is 0 Å². The van der Waals surface area contributed by atoms with Crippen molar-refractivity contribution < 1.29 is 9.90 Å². The maximum atomic E-state index is 12.2. The van der Waals surface area contributed by atoms with Gasteiger partial charge in [0.15, 0.2) is 0 Å². The lowest BCUT2D eigenvalue weighted by Crippen LogP contribution is -2.31. The molecule has 0 saturated carbocycles.